The normalized spacial score (nSPS) is 11.4. The highest BCUT2D eigenvalue weighted by Crippen LogP contribution is 2.37. The molecule has 0 saturated carbocycles. The molecule has 0 unspecified atom stereocenters. The Morgan fingerprint density at radius 1 is 1.20 bits per heavy atom. The minimum atomic E-state index is 0.0191. The number of hydrogen-bond donors (Lipinski definition) is 0. The Hall–Kier alpha value is -1.61. The molecule has 2 nitrogen and oxygen atoms in total. The third-order valence-corrected chi connectivity index (χ3v) is 4.08. The number of carbonyl (C=O) groups excluding carboxylic acids is 1. The van der Waals surface area contributed by atoms with E-state index in [1.807, 2.05) is 12.1 Å². The number of ether oxygens (including phenoxy) is 1. The minimum Gasteiger partial charge on any atom is -0.446 e. The molecular weight excluding hydrogens is 268 g/mol. The molecule has 0 saturated heterocycles. The summed E-state index contributed by atoms with van der Waals surface area (Å²) in [6.45, 7) is 8.69. The van der Waals surface area contributed by atoms with Crippen LogP contribution in [0.5, 0.6) is 10.8 Å². The number of rotatable bonds is 4. The molecule has 1 aromatic carbocycles. The van der Waals surface area contributed by atoms with Crippen LogP contribution in [0.4, 0.5) is 0 Å². The minimum absolute atomic E-state index is 0.0191. The molecule has 0 amide bonds. The van der Waals surface area contributed by atoms with Crippen LogP contribution in [-0.2, 0) is 11.8 Å². The van der Waals surface area contributed by atoms with Gasteiger partial charge in [-0.2, -0.15) is 0 Å². The molecule has 2 aromatic rings. The Kier molecular flexibility index (Phi) is 4.29. The molecule has 3 heteroatoms. The molecule has 0 radical (unpaired) electrons. The van der Waals surface area contributed by atoms with Gasteiger partial charge in [0.1, 0.15) is 5.75 Å². The van der Waals surface area contributed by atoms with Crippen LogP contribution in [0.1, 0.15) is 48.5 Å². The van der Waals surface area contributed by atoms with Gasteiger partial charge in [0.15, 0.2) is 11.3 Å². The molecule has 0 aliphatic heterocycles. The molecule has 20 heavy (non-hydrogen) atoms. The van der Waals surface area contributed by atoms with Crippen molar-refractivity contribution in [1.82, 2.24) is 0 Å². The number of thiophene rings is 1. The van der Waals surface area contributed by atoms with Gasteiger partial charge in [-0.05, 0) is 35.6 Å². The van der Waals surface area contributed by atoms with Gasteiger partial charge in [-0.1, -0.05) is 51.2 Å². The van der Waals surface area contributed by atoms with Gasteiger partial charge in [0.05, 0.1) is 4.88 Å². The van der Waals surface area contributed by atoms with Gasteiger partial charge in [0.2, 0.25) is 0 Å². The average Bonchev–Trinajstić information content (AvgIpc) is 2.85. The zero-order valence-electron chi connectivity index (χ0n) is 12.4. The second-order valence-electron chi connectivity index (χ2n) is 5.81. The third kappa shape index (κ3) is 3.28. The van der Waals surface area contributed by atoms with Crippen LogP contribution >= 0.6 is 11.3 Å². The lowest BCUT2D eigenvalue weighted by Gasteiger charge is -2.23. The fourth-order valence-electron chi connectivity index (χ4n) is 2.03. The van der Waals surface area contributed by atoms with Crippen molar-refractivity contribution in [2.24, 2.45) is 0 Å². The maximum atomic E-state index is 10.7. The summed E-state index contributed by atoms with van der Waals surface area (Å²) in [5.41, 5.74) is 2.52. The summed E-state index contributed by atoms with van der Waals surface area (Å²) >= 11 is 1.37. The monoisotopic (exact) mass is 288 g/mol. The quantitative estimate of drug-likeness (QED) is 0.722. The van der Waals surface area contributed by atoms with Crippen LogP contribution in [0.15, 0.2) is 30.3 Å². The second-order valence-corrected chi connectivity index (χ2v) is 6.89. The topological polar surface area (TPSA) is 26.3 Å². The van der Waals surface area contributed by atoms with E-state index in [1.165, 1.54) is 22.5 Å². The molecular formula is C17H20O2S. The highest BCUT2D eigenvalue weighted by atomic mass is 32.1. The third-order valence-electron chi connectivity index (χ3n) is 3.19. The molecule has 1 aromatic heterocycles. The van der Waals surface area contributed by atoms with E-state index in [4.69, 9.17) is 4.74 Å². The van der Waals surface area contributed by atoms with E-state index in [2.05, 4.69) is 39.8 Å². The first kappa shape index (κ1) is 14.8. The maximum Gasteiger partial charge on any atom is 0.181 e. The number of aryl methyl sites for hydroxylation is 1. The first-order chi connectivity index (χ1) is 9.44. The molecule has 0 fully saturated rings. The summed E-state index contributed by atoms with van der Waals surface area (Å²) < 4.78 is 5.98. The van der Waals surface area contributed by atoms with Crippen LogP contribution < -0.4 is 4.74 Å². The average molecular weight is 288 g/mol. The van der Waals surface area contributed by atoms with Crippen molar-refractivity contribution in [2.45, 2.75) is 39.5 Å². The zero-order chi connectivity index (χ0) is 14.8. The van der Waals surface area contributed by atoms with E-state index in [1.54, 1.807) is 6.07 Å². The Morgan fingerprint density at radius 3 is 2.50 bits per heavy atom. The summed E-state index contributed by atoms with van der Waals surface area (Å²) in [7, 11) is 0. The van der Waals surface area contributed by atoms with Crippen molar-refractivity contribution in [2.75, 3.05) is 0 Å². The van der Waals surface area contributed by atoms with Gasteiger partial charge in [-0.15, -0.1) is 0 Å². The van der Waals surface area contributed by atoms with E-state index in [0.717, 1.165) is 23.5 Å². The van der Waals surface area contributed by atoms with E-state index in [0.29, 0.717) is 4.88 Å². The van der Waals surface area contributed by atoms with Gasteiger partial charge < -0.3 is 4.74 Å². The summed E-state index contributed by atoms with van der Waals surface area (Å²) in [6, 6.07) is 9.96. The smallest absolute Gasteiger partial charge is 0.181 e. The summed E-state index contributed by atoms with van der Waals surface area (Å²) in [5.74, 6) is 0.869. The number of hydrogen-bond acceptors (Lipinski definition) is 3. The molecule has 1 heterocycles. The van der Waals surface area contributed by atoms with Crippen molar-refractivity contribution in [3.63, 3.8) is 0 Å². The van der Waals surface area contributed by atoms with Gasteiger partial charge in [-0.3, -0.25) is 4.79 Å². The molecule has 0 aliphatic rings. The molecule has 2 rings (SSSR count). The number of benzene rings is 1. The summed E-state index contributed by atoms with van der Waals surface area (Å²) in [4.78, 5) is 11.4. The fraction of sp³-hybridized carbons (Fsp3) is 0.353. The van der Waals surface area contributed by atoms with Crippen LogP contribution in [0.2, 0.25) is 0 Å². The Morgan fingerprint density at radius 2 is 1.95 bits per heavy atom. The first-order valence-corrected chi connectivity index (χ1v) is 7.62. The number of carbonyl (C=O) groups is 1. The van der Waals surface area contributed by atoms with E-state index in [-0.39, 0.29) is 5.41 Å². The Labute approximate surface area is 124 Å². The largest absolute Gasteiger partial charge is 0.446 e. The van der Waals surface area contributed by atoms with Crippen molar-refractivity contribution >= 4 is 17.6 Å². The first-order valence-electron chi connectivity index (χ1n) is 6.80. The van der Waals surface area contributed by atoms with Crippen molar-refractivity contribution in [1.29, 1.82) is 0 Å². The molecule has 0 N–H and O–H groups in total. The molecule has 0 bridgehead atoms. The predicted molar refractivity (Wildman–Crippen MR) is 84.3 cm³/mol. The van der Waals surface area contributed by atoms with Crippen LogP contribution in [0, 0.1) is 0 Å². The van der Waals surface area contributed by atoms with Crippen molar-refractivity contribution < 1.29 is 9.53 Å². The van der Waals surface area contributed by atoms with Crippen LogP contribution in [0.3, 0.4) is 0 Å². The van der Waals surface area contributed by atoms with E-state index >= 15 is 0 Å². The maximum absolute atomic E-state index is 10.7. The van der Waals surface area contributed by atoms with Crippen LogP contribution in [-0.4, -0.2) is 6.29 Å². The van der Waals surface area contributed by atoms with E-state index in [9.17, 15) is 4.79 Å². The number of aldehydes is 1. The van der Waals surface area contributed by atoms with Gasteiger partial charge >= 0.3 is 0 Å². The van der Waals surface area contributed by atoms with Gasteiger partial charge in [0, 0.05) is 5.56 Å². The SMILES string of the molecule is CCc1ccc(Oc2ccc(C=O)s2)c(C(C)(C)C)c1. The Balaban J connectivity index is 2.37. The fourth-order valence-corrected chi connectivity index (χ4v) is 2.72. The highest BCUT2D eigenvalue weighted by Gasteiger charge is 2.20. The summed E-state index contributed by atoms with van der Waals surface area (Å²) in [5, 5.41) is 0.752. The van der Waals surface area contributed by atoms with E-state index < -0.39 is 0 Å². The predicted octanol–water partition coefficient (Wildman–Crippen LogP) is 5.21. The molecule has 106 valence electrons. The lowest BCUT2D eigenvalue weighted by Crippen LogP contribution is -2.13. The van der Waals surface area contributed by atoms with Crippen LogP contribution in [0.25, 0.3) is 0 Å². The highest BCUT2D eigenvalue weighted by molar-refractivity contribution is 7.15. The molecule has 0 atom stereocenters. The van der Waals surface area contributed by atoms with Crippen molar-refractivity contribution in [3.05, 3.63) is 46.3 Å². The Bertz CT molecular complexity index is 606. The second kappa shape index (κ2) is 5.80. The lowest BCUT2D eigenvalue weighted by atomic mass is 9.85. The zero-order valence-corrected chi connectivity index (χ0v) is 13.2. The lowest BCUT2D eigenvalue weighted by molar-refractivity contribution is 0.112. The summed E-state index contributed by atoms with van der Waals surface area (Å²) in [6.07, 6.45) is 1.86. The van der Waals surface area contributed by atoms with Crippen molar-refractivity contribution in [3.8, 4) is 10.8 Å². The van der Waals surface area contributed by atoms with Gasteiger partial charge in [0.25, 0.3) is 0 Å². The molecule has 0 spiro atoms. The standard InChI is InChI=1S/C17H20O2S/c1-5-12-6-8-15(14(10-12)17(2,3)4)19-16-9-7-13(11-18)20-16/h6-11H,5H2,1-4H3. The molecule has 0 aliphatic carbocycles. The van der Waals surface area contributed by atoms with Gasteiger partial charge in [-0.25, -0.2) is 0 Å².